The van der Waals surface area contributed by atoms with Crippen molar-refractivity contribution in [2.24, 2.45) is 7.05 Å². The maximum absolute atomic E-state index is 4.47. The molecule has 1 heterocycles. The Morgan fingerprint density at radius 2 is 1.89 bits per heavy atom. The van der Waals surface area contributed by atoms with Crippen molar-refractivity contribution in [3.8, 4) is 0 Å². The minimum atomic E-state index is 0.372. The van der Waals surface area contributed by atoms with Gasteiger partial charge in [0.2, 0.25) is 0 Å². The molecule has 0 saturated carbocycles. The fourth-order valence-electron chi connectivity index (χ4n) is 2.33. The Hall–Kier alpha value is -1.77. The third-order valence-corrected chi connectivity index (χ3v) is 3.70. The highest BCUT2D eigenvalue weighted by atomic mass is 15.3. The Balaban J connectivity index is 2.10. The molecule has 0 radical (unpaired) electrons. The minimum absolute atomic E-state index is 0.372. The fraction of sp³-hybridized carbons (Fsp3) is 0.438. The van der Waals surface area contributed by atoms with E-state index >= 15 is 0 Å². The molecule has 1 aromatic carbocycles. The van der Waals surface area contributed by atoms with Crippen LogP contribution in [0.15, 0.2) is 36.5 Å². The van der Waals surface area contributed by atoms with E-state index in [0.29, 0.717) is 12.0 Å². The van der Waals surface area contributed by atoms with Crippen molar-refractivity contribution in [1.82, 2.24) is 9.78 Å². The average molecular weight is 257 g/mol. The molecule has 2 aromatic rings. The number of anilines is 1. The molecule has 1 N–H and O–H groups in total. The van der Waals surface area contributed by atoms with Gasteiger partial charge in [-0.15, -0.1) is 0 Å². The summed E-state index contributed by atoms with van der Waals surface area (Å²) in [7, 11) is 1.97. The van der Waals surface area contributed by atoms with Crippen molar-refractivity contribution >= 4 is 5.69 Å². The van der Waals surface area contributed by atoms with E-state index in [2.05, 4.69) is 67.7 Å². The van der Waals surface area contributed by atoms with E-state index < -0.39 is 0 Å². The molecule has 3 heteroatoms. The van der Waals surface area contributed by atoms with Gasteiger partial charge in [0.25, 0.3) is 0 Å². The first-order valence-electron chi connectivity index (χ1n) is 6.95. The van der Waals surface area contributed by atoms with E-state index in [4.69, 9.17) is 0 Å². The molecule has 0 aliphatic rings. The summed E-state index contributed by atoms with van der Waals surface area (Å²) in [5.41, 5.74) is 3.65. The monoisotopic (exact) mass is 257 g/mol. The largest absolute Gasteiger partial charge is 0.379 e. The summed E-state index contributed by atoms with van der Waals surface area (Å²) in [6.07, 6.45) is 3.02. The van der Waals surface area contributed by atoms with Crippen LogP contribution >= 0.6 is 0 Å². The van der Waals surface area contributed by atoms with Gasteiger partial charge in [-0.1, -0.05) is 44.2 Å². The van der Waals surface area contributed by atoms with Gasteiger partial charge in [0, 0.05) is 25.2 Å². The van der Waals surface area contributed by atoms with Crippen LogP contribution in [0.4, 0.5) is 5.69 Å². The van der Waals surface area contributed by atoms with E-state index in [1.54, 1.807) is 0 Å². The highest BCUT2D eigenvalue weighted by molar-refractivity contribution is 5.47. The van der Waals surface area contributed by atoms with Crippen molar-refractivity contribution in [2.45, 2.75) is 39.2 Å². The minimum Gasteiger partial charge on any atom is -0.379 e. The third kappa shape index (κ3) is 3.16. The smallest absolute Gasteiger partial charge is 0.0853 e. The maximum Gasteiger partial charge on any atom is 0.0853 e. The number of nitrogens with one attached hydrogen (secondary N) is 1. The highest BCUT2D eigenvalue weighted by Gasteiger charge is 2.16. The molecule has 0 bridgehead atoms. The number of nitrogens with zero attached hydrogens (tertiary/aromatic N) is 2. The second-order valence-corrected chi connectivity index (χ2v) is 5.15. The molecular weight excluding hydrogens is 234 g/mol. The van der Waals surface area contributed by atoms with Crippen LogP contribution < -0.4 is 5.32 Å². The summed E-state index contributed by atoms with van der Waals surface area (Å²) < 4.78 is 1.88. The van der Waals surface area contributed by atoms with Crippen LogP contribution in [0.5, 0.6) is 0 Å². The van der Waals surface area contributed by atoms with Gasteiger partial charge < -0.3 is 5.32 Å². The summed E-state index contributed by atoms with van der Waals surface area (Å²) in [5, 5.41) is 8.07. The van der Waals surface area contributed by atoms with E-state index in [1.165, 1.54) is 5.56 Å². The lowest BCUT2D eigenvalue weighted by Crippen LogP contribution is -2.22. The molecule has 1 aromatic heterocycles. The highest BCUT2D eigenvalue weighted by Crippen LogP contribution is 2.23. The summed E-state index contributed by atoms with van der Waals surface area (Å²) in [4.78, 5) is 0. The van der Waals surface area contributed by atoms with Crippen LogP contribution in [0.25, 0.3) is 0 Å². The standard InChI is InChI=1S/C16H23N3/c1-5-15-16(11-19(4)18-15)17-13(3)12(2)14-9-7-6-8-10-14/h6-13,17H,5H2,1-4H3. The second kappa shape index (κ2) is 5.91. The topological polar surface area (TPSA) is 29.9 Å². The van der Waals surface area contributed by atoms with E-state index in [9.17, 15) is 0 Å². The number of hydrogen-bond donors (Lipinski definition) is 1. The molecule has 19 heavy (non-hydrogen) atoms. The van der Waals surface area contributed by atoms with Gasteiger partial charge in [-0.2, -0.15) is 5.10 Å². The Labute approximate surface area is 115 Å². The van der Waals surface area contributed by atoms with Gasteiger partial charge in [0.15, 0.2) is 0 Å². The van der Waals surface area contributed by atoms with Crippen LogP contribution in [-0.2, 0) is 13.5 Å². The molecule has 0 aliphatic carbocycles. The van der Waals surface area contributed by atoms with Crippen LogP contribution in [0.3, 0.4) is 0 Å². The zero-order valence-corrected chi connectivity index (χ0v) is 12.2. The Morgan fingerprint density at radius 3 is 2.53 bits per heavy atom. The average Bonchev–Trinajstić information content (AvgIpc) is 2.78. The molecule has 0 spiro atoms. The summed E-state index contributed by atoms with van der Waals surface area (Å²) >= 11 is 0. The van der Waals surface area contributed by atoms with Crippen molar-refractivity contribution in [1.29, 1.82) is 0 Å². The SMILES string of the molecule is CCc1nn(C)cc1NC(C)C(C)c1ccccc1. The summed E-state index contributed by atoms with van der Waals surface area (Å²) in [6.45, 7) is 6.62. The summed E-state index contributed by atoms with van der Waals surface area (Å²) in [6, 6.07) is 11.0. The summed E-state index contributed by atoms with van der Waals surface area (Å²) in [5.74, 6) is 0.464. The lowest BCUT2D eigenvalue weighted by molar-refractivity contribution is 0.649. The molecule has 3 nitrogen and oxygen atoms in total. The molecule has 102 valence electrons. The van der Waals surface area contributed by atoms with E-state index in [0.717, 1.165) is 17.8 Å². The van der Waals surface area contributed by atoms with Crippen LogP contribution in [0.1, 0.15) is 37.9 Å². The molecule has 0 saturated heterocycles. The first kappa shape index (κ1) is 13.7. The van der Waals surface area contributed by atoms with Gasteiger partial charge in [0.05, 0.1) is 11.4 Å². The first-order chi connectivity index (χ1) is 9.11. The predicted octanol–water partition coefficient (Wildman–Crippen LogP) is 3.59. The van der Waals surface area contributed by atoms with Gasteiger partial charge in [0.1, 0.15) is 0 Å². The predicted molar refractivity (Wildman–Crippen MR) is 80.5 cm³/mol. The number of rotatable bonds is 5. The third-order valence-electron chi connectivity index (χ3n) is 3.70. The number of aromatic nitrogens is 2. The molecule has 0 aliphatic heterocycles. The zero-order valence-electron chi connectivity index (χ0n) is 12.2. The Morgan fingerprint density at radius 1 is 1.21 bits per heavy atom. The molecule has 0 fully saturated rings. The van der Waals surface area contributed by atoms with Crippen molar-refractivity contribution < 1.29 is 0 Å². The van der Waals surface area contributed by atoms with Gasteiger partial charge in [-0.25, -0.2) is 0 Å². The van der Waals surface area contributed by atoms with Crippen LogP contribution in [0.2, 0.25) is 0 Å². The molecule has 2 rings (SSSR count). The van der Waals surface area contributed by atoms with Gasteiger partial charge in [-0.05, 0) is 18.9 Å². The molecular formula is C16H23N3. The second-order valence-electron chi connectivity index (χ2n) is 5.15. The van der Waals surface area contributed by atoms with Crippen molar-refractivity contribution in [3.05, 3.63) is 47.8 Å². The van der Waals surface area contributed by atoms with Crippen LogP contribution in [0, 0.1) is 0 Å². The zero-order chi connectivity index (χ0) is 13.8. The number of aryl methyl sites for hydroxylation is 2. The van der Waals surface area contributed by atoms with Crippen molar-refractivity contribution in [3.63, 3.8) is 0 Å². The van der Waals surface area contributed by atoms with Crippen LogP contribution in [-0.4, -0.2) is 15.8 Å². The van der Waals surface area contributed by atoms with Gasteiger partial charge in [-0.3, -0.25) is 4.68 Å². The molecule has 2 unspecified atom stereocenters. The van der Waals surface area contributed by atoms with Crippen molar-refractivity contribution in [2.75, 3.05) is 5.32 Å². The quantitative estimate of drug-likeness (QED) is 0.887. The molecule has 0 amide bonds. The first-order valence-corrected chi connectivity index (χ1v) is 6.95. The lowest BCUT2D eigenvalue weighted by atomic mass is 9.94. The normalized spacial score (nSPS) is 14.1. The Bertz CT molecular complexity index is 516. The van der Waals surface area contributed by atoms with Gasteiger partial charge >= 0.3 is 0 Å². The Kier molecular flexibility index (Phi) is 4.25. The lowest BCUT2D eigenvalue weighted by Gasteiger charge is -2.22. The molecule has 2 atom stereocenters. The maximum atomic E-state index is 4.47. The number of benzene rings is 1. The van der Waals surface area contributed by atoms with E-state index in [-0.39, 0.29) is 0 Å². The van der Waals surface area contributed by atoms with E-state index in [1.807, 2.05) is 11.7 Å². The fourth-order valence-corrected chi connectivity index (χ4v) is 2.33. The number of hydrogen-bond acceptors (Lipinski definition) is 2.